The van der Waals surface area contributed by atoms with Crippen LogP contribution in [0.25, 0.3) is 0 Å². The second kappa shape index (κ2) is 5.70. The number of carbonyl (C=O) groups is 1. The highest BCUT2D eigenvalue weighted by Gasteiger charge is 2.21. The molecule has 0 bridgehead atoms. The summed E-state index contributed by atoms with van der Waals surface area (Å²) in [6.07, 6.45) is 3.67. The Bertz CT molecular complexity index is 264. The van der Waals surface area contributed by atoms with E-state index in [0.29, 0.717) is 0 Å². The van der Waals surface area contributed by atoms with Gasteiger partial charge < -0.3 is 21.7 Å². The number of hydrogen-bond acceptors (Lipinski definition) is 2. The summed E-state index contributed by atoms with van der Waals surface area (Å²) in [7, 11) is 1.39. The highest BCUT2D eigenvalue weighted by molar-refractivity contribution is 5.71. The van der Waals surface area contributed by atoms with E-state index in [4.69, 9.17) is 0 Å². The molecule has 13 heavy (non-hydrogen) atoms. The molecule has 0 saturated heterocycles. The van der Waals surface area contributed by atoms with Crippen molar-refractivity contribution in [3.63, 3.8) is 0 Å². The first-order valence-electron chi connectivity index (χ1n) is 3.79. The molecular weight excluding hydrogens is 234 g/mol. The standard InChI is InChI=1S/C9H12NO2.BrH/c1-8(9(11)12-2)10-6-4-3-5-7-10;/h3-8H,1-2H3;1H/q+1;/p-1. The van der Waals surface area contributed by atoms with E-state index in [1.165, 1.54) is 7.11 Å². The molecule has 3 nitrogen and oxygen atoms in total. The topological polar surface area (TPSA) is 30.2 Å². The Balaban J connectivity index is 0.00000144. The Labute approximate surface area is 88.1 Å². The smallest absolute Gasteiger partial charge is 0.375 e. The van der Waals surface area contributed by atoms with Gasteiger partial charge in [0.05, 0.1) is 7.11 Å². The monoisotopic (exact) mass is 245 g/mol. The highest BCUT2D eigenvalue weighted by atomic mass is 79.9. The number of ether oxygens (including phenoxy) is 1. The summed E-state index contributed by atoms with van der Waals surface area (Å²) in [6.45, 7) is 1.80. The molecule has 1 rings (SSSR count). The number of methoxy groups -OCH3 is 1. The van der Waals surface area contributed by atoms with Gasteiger partial charge in [-0.05, 0) is 0 Å². The summed E-state index contributed by atoms with van der Waals surface area (Å²) >= 11 is 0. The van der Waals surface area contributed by atoms with Crippen molar-refractivity contribution in [2.75, 3.05) is 7.11 Å². The summed E-state index contributed by atoms with van der Waals surface area (Å²) < 4.78 is 6.40. The Kier molecular flexibility index (Phi) is 5.30. The van der Waals surface area contributed by atoms with Crippen molar-refractivity contribution in [1.82, 2.24) is 0 Å². The molecule has 0 radical (unpaired) electrons. The molecular formula is C9H12BrNO2. The van der Waals surface area contributed by atoms with Gasteiger partial charge in [-0.25, -0.2) is 4.79 Å². The van der Waals surface area contributed by atoms with Gasteiger partial charge in [0, 0.05) is 19.1 Å². The van der Waals surface area contributed by atoms with E-state index in [1.54, 1.807) is 11.5 Å². The predicted molar refractivity (Wildman–Crippen MR) is 43.4 cm³/mol. The average Bonchev–Trinajstić information content (AvgIpc) is 2.17. The number of nitrogens with zero attached hydrogens (tertiary/aromatic N) is 1. The Hall–Kier alpha value is -0.900. The highest BCUT2D eigenvalue weighted by Crippen LogP contribution is 1.95. The second-order valence-corrected chi connectivity index (χ2v) is 2.52. The van der Waals surface area contributed by atoms with Gasteiger partial charge in [-0.15, -0.1) is 0 Å². The molecule has 0 aliphatic rings. The number of rotatable bonds is 2. The molecule has 1 atom stereocenters. The van der Waals surface area contributed by atoms with Crippen molar-refractivity contribution in [3.8, 4) is 0 Å². The van der Waals surface area contributed by atoms with E-state index in [9.17, 15) is 4.79 Å². The SMILES string of the molecule is COC(=O)C(C)[n+]1ccccc1.[Br-]. The van der Waals surface area contributed by atoms with Gasteiger partial charge >= 0.3 is 5.97 Å². The van der Waals surface area contributed by atoms with Crippen LogP contribution in [0.4, 0.5) is 0 Å². The van der Waals surface area contributed by atoms with E-state index in [2.05, 4.69) is 4.74 Å². The third kappa shape index (κ3) is 3.14. The largest absolute Gasteiger partial charge is 1.00 e. The second-order valence-electron chi connectivity index (χ2n) is 2.52. The van der Waals surface area contributed by atoms with Gasteiger partial charge in [-0.2, -0.15) is 4.57 Å². The summed E-state index contributed by atoms with van der Waals surface area (Å²) in [4.78, 5) is 11.1. The molecule has 1 unspecified atom stereocenters. The molecule has 4 heteroatoms. The van der Waals surface area contributed by atoms with E-state index < -0.39 is 0 Å². The molecule has 0 amide bonds. The first kappa shape index (κ1) is 12.1. The molecule has 1 heterocycles. The Morgan fingerprint density at radius 3 is 2.31 bits per heavy atom. The van der Waals surface area contributed by atoms with Crippen LogP contribution in [0.2, 0.25) is 0 Å². The normalized spacial score (nSPS) is 11.2. The van der Waals surface area contributed by atoms with Crippen LogP contribution in [0, 0.1) is 0 Å². The van der Waals surface area contributed by atoms with Gasteiger partial charge in [0.1, 0.15) is 0 Å². The molecule has 72 valence electrons. The zero-order valence-electron chi connectivity index (χ0n) is 7.61. The van der Waals surface area contributed by atoms with Gasteiger partial charge in [-0.3, -0.25) is 0 Å². The Morgan fingerprint density at radius 2 is 1.85 bits per heavy atom. The summed E-state index contributed by atoms with van der Waals surface area (Å²) in [5, 5.41) is 0. The number of aromatic nitrogens is 1. The molecule has 0 aliphatic carbocycles. The third-order valence-corrected chi connectivity index (χ3v) is 1.73. The van der Waals surface area contributed by atoms with Crippen molar-refractivity contribution in [2.45, 2.75) is 13.0 Å². The fraction of sp³-hybridized carbons (Fsp3) is 0.333. The lowest BCUT2D eigenvalue weighted by Gasteiger charge is -2.02. The zero-order valence-corrected chi connectivity index (χ0v) is 9.19. The Morgan fingerprint density at radius 1 is 1.31 bits per heavy atom. The van der Waals surface area contributed by atoms with Crippen LogP contribution in [0.3, 0.4) is 0 Å². The molecule has 0 N–H and O–H groups in total. The lowest BCUT2D eigenvalue weighted by atomic mass is 10.3. The van der Waals surface area contributed by atoms with Gasteiger partial charge in [0.15, 0.2) is 12.4 Å². The maximum atomic E-state index is 11.1. The van der Waals surface area contributed by atoms with Crippen molar-refractivity contribution in [3.05, 3.63) is 30.6 Å². The van der Waals surface area contributed by atoms with Crippen molar-refractivity contribution in [1.29, 1.82) is 0 Å². The van der Waals surface area contributed by atoms with E-state index >= 15 is 0 Å². The van der Waals surface area contributed by atoms with Gasteiger partial charge in [-0.1, -0.05) is 6.07 Å². The maximum Gasteiger partial charge on any atom is 0.375 e. The first-order valence-corrected chi connectivity index (χ1v) is 3.79. The molecule has 1 aromatic rings. The number of pyridine rings is 1. The van der Waals surface area contributed by atoms with E-state index in [-0.39, 0.29) is 29.0 Å². The van der Waals surface area contributed by atoms with Crippen molar-refractivity contribution < 1.29 is 31.1 Å². The number of esters is 1. The van der Waals surface area contributed by atoms with Crippen molar-refractivity contribution in [2.24, 2.45) is 0 Å². The molecule has 0 saturated carbocycles. The summed E-state index contributed by atoms with van der Waals surface area (Å²) in [6, 6.07) is 5.40. The average molecular weight is 246 g/mol. The fourth-order valence-electron chi connectivity index (χ4n) is 0.962. The number of carbonyl (C=O) groups excluding carboxylic acids is 1. The lowest BCUT2D eigenvalue weighted by Crippen LogP contribution is -3.00. The lowest BCUT2D eigenvalue weighted by molar-refractivity contribution is -0.707. The molecule has 0 spiro atoms. The third-order valence-electron chi connectivity index (χ3n) is 1.73. The van der Waals surface area contributed by atoms with Crippen molar-refractivity contribution >= 4 is 5.97 Å². The van der Waals surface area contributed by atoms with Crippen LogP contribution in [-0.2, 0) is 9.53 Å². The summed E-state index contributed by atoms with van der Waals surface area (Å²) in [5.74, 6) is -0.230. The molecule has 0 aliphatic heterocycles. The number of hydrogen-bond donors (Lipinski definition) is 0. The van der Waals surface area contributed by atoms with Crippen LogP contribution in [0.1, 0.15) is 13.0 Å². The van der Waals surface area contributed by atoms with E-state index in [1.807, 2.05) is 30.6 Å². The van der Waals surface area contributed by atoms with Crippen LogP contribution in [0.5, 0.6) is 0 Å². The van der Waals surface area contributed by atoms with E-state index in [0.717, 1.165) is 0 Å². The van der Waals surface area contributed by atoms with Crippen LogP contribution in [0.15, 0.2) is 30.6 Å². The first-order chi connectivity index (χ1) is 5.75. The minimum atomic E-state index is -0.254. The number of halogens is 1. The zero-order chi connectivity index (χ0) is 8.97. The summed E-state index contributed by atoms with van der Waals surface area (Å²) in [5.41, 5.74) is 0. The minimum Gasteiger partial charge on any atom is -1.00 e. The minimum absolute atomic E-state index is 0. The molecule has 0 aromatic carbocycles. The maximum absolute atomic E-state index is 11.1. The van der Waals surface area contributed by atoms with Crippen LogP contribution >= 0.6 is 0 Å². The molecule has 0 fully saturated rings. The predicted octanol–water partition coefficient (Wildman–Crippen LogP) is -2.29. The van der Waals surface area contributed by atoms with Gasteiger partial charge in [0.2, 0.25) is 0 Å². The fourth-order valence-corrected chi connectivity index (χ4v) is 0.962. The molecule has 1 aromatic heterocycles. The quantitative estimate of drug-likeness (QED) is 0.434. The van der Waals surface area contributed by atoms with Crippen LogP contribution < -0.4 is 21.5 Å². The van der Waals surface area contributed by atoms with Crippen LogP contribution in [-0.4, -0.2) is 13.1 Å². The van der Waals surface area contributed by atoms with Gasteiger partial charge in [0.25, 0.3) is 6.04 Å².